The lowest BCUT2D eigenvalue weighted by Gasteiger charge is -2.27. The maximum Gasteiger partial charge on any atom is 0.295 e. The van der Waals surface area contributed by atoms with Crippen LogP contribution in [0, 0.1) is 0 Å². The Balaban J connectivity index is 1.74. The predicted molar refractivity (Wildman–Crippen MR) is 136 cm³/mol. The SMILES string of the molecule is COc1c(Cl)cc(/C(O)=C2\C(=O)C(=O)N(CC3CCCO3)C2c2c[nH]c3ccccc23)c(OC)c1Cl. The van der Waals surface area contributed by atoms with Crippen LogP contribution in [0.25, 0.3) is 16.7 Å². The van der Waals surface area contributed by atoms with Gasteiger partial charge in [-0.15, -0.1) is 0 Å². The van der Waals surface area contributed by atoms with E-state index in [9.17, 15) is 14.7 Å². The number of ketones is 1. The third-order valence-electron chi connectivity index (χ3n) is 6.67. The van der Waals surface area contributed by atoms with Crippen LogP contribution in [0.5, 0.6) is 11.5 Å². The fourth-order valence-electron chi connectivity index (χ4n) is 5.01. The van der Waals surface area contributed by atoms with Gasteiger partial charge in [-0.05, 0) is 25.0 Å². The van der Waals surface area contributed by atoms with Crippen LogP contribution < -0.4 is 9.47 Å². The summed E-state index contributed by atoms with van der Waals surface area (Å²) in [5, 5.41) is 12.5. The van der Waals surface area contributed by atoms with Crippen molar-refractivity contribution in [3.63, 3.8) is 0 Å². The summed E-state index contributed by atoms with van der Waals surface area (Å²) >= 11 is 12.8. The zero-order valence-electron chi connectivity index (χ0n) is 19.6. The molecule has 2 fully saturated rings. The van der Waals surface area contributed by atoms with Gasteiger partial charge in [0.1, 0.15) is 10.8 Å². The fourth-order valence-corrected chi connectivity index (χ4v) is 5.70. The zero-order valence-corrected chi connectivity index (χ0v) is 21.2. The van der Waals surface area contributed by atoms with E-state index in [0.29, 0.717) is 12.2 Å². The molecule has 1 amide bonds. The molecule has 2 aliphatic heterocycles. The Morgan fingerprint density at radius 1 is 1.19 bits per heavy atom. The Labute approximate surface area is 217 Å². The topological polar surface area (TPSA) is 101 Å². The Bertz CT molecular complexity index is 1390. The van der Waals surface area contributed by atoms with Gasteiger partial charge in [0.15, 0.2) is 11.5 Å². The van der Waals surface area contributed by atoms with Crippen molar-refractivity contribution in [1.29, 1.82) is 0 Å². The van der Waals surface area contributed by atoms with Gasteiger partial charge in [-0.1, -0.05) is 41.4 Å². The number of aromatic nitrogens is 1. The number of H-pyrrole nitrogens is 1. The highest BCUT2D eigenvalue weighted by atomic mass is 35.5. The van der Waals surface area contributed by atoms with Crippen LogP contribution in [0.4, 0.5) is 0 Å². The number of fused-ring (bicyclic) bond motifs is 1. The van der Waals surface area contributed by atoms with Gasteiger partial charge in [0.25, 0.3) is 11.7 Å². The molecule has 10 heteroatoms. The van der Waals surface area contributed by atoms with E-state index >= 15 is 0 Å². The number of aromatic amines is 1. The number of para-hydroxylation sites is 1. The Hall–Kier alpha value is -3.20. The maximum absolute atomic E-state index is 13.4. The van der Waals surface area contributed by atoms with Crippen molar-refractivity contribution in [2.75, 3.05) is 27.4 Å². The average molecular weight is 531 g/mol. The van der Waals surface area contributed by atoms with Gasteiger partial charge in [-0.3, -0.25) is 9.59 Å². The molecule has 0 spiro atoms. The Morgan fingerprint density at radius 2 is 1.94 bits per heavy atom. The van der Waals surface area contributed by atoms with Crippen molar-refractivity contribution < 1.29 is 28.9 Å². The fraction of sp³-hybridized carbons (Fsp3) is 0.308. The molecular weight excluding hydrogens is 507 g/mol. The summed E-state index contributed by atoms with van der Waals surface area (Å²) in [5.74, 6) is -1.74. The van der Waals surface area contributed by atoms with Gasteiger partial charge < -0.3 is 29.2 Å². The van der Waals surface area contributed by atoms with E-state index < -0.39 is 23.5 Å². The molecule has 2 saturated heterocycles. The lowest BCUT2D eigenvalue weighted by molar-refractivity contribution is -0.140. The van der Waals surface area contributed by atoms with Crippen molar-refractivity contribution in [1.82, 2.24) is 9.88 Å². The van der Waals surface area contributed by atoms with E-state index in [1.165, 1.54) is 25.2 Å². The second-order valence-corrected chi connectivity index (χ2v) is 9.45. The summed E-state index contributed by atoms with van der Waals surface area (Å²) in [6, 6.07) is 8.09. The number of halogens is 2. The lowest BCUT2D eigenvalue weighted by Crippen LogP contribution is -2.36. The smallest absolute Gasteiger partial charge is 0.295 e. The van der Waals surface area contributed by atoms with Crippen molar-refractivity contribution >= 4 is 51.6 Å². The first-order chi connectivity index (χ1) is 17.4. The van der Waals surface area contributed by atoms with E-state index in [1.54, 1.807) is 6.20 Å². The highest BCUT2D eigenvalue weighted by Crippen LogP contribution is 2.48. The number of benzene rings is 2. The molecular formula is C26H24Cl2N2O6. The van der Waals surface area contributed by atoms with Crippen LogP contribution in [0.2, 0.25) is 10.0 Å². The molecule has 0 radical (unpaired) electrons. The number of hydrogen-bond donors (Lipinski definition) is 2. The number of nitrogens with one attached hydrogen (secondary N) is 1. The first kappa shape index (κ1) is 24.5. The number of amides is 1. The number of likely N-dealkylation sites (tertiary alicyclic amines) is 1. The molecule has 2 unspecified atom stereocenters. The molecule has 2 aromatic carbocycles. The number of aliphatic hydroxyl groups excluding tert-OH is 1. The minimum atomic E-state index is -0.866. The van der Waals surface area contributed by atoms with Gasteiger partial charge in [-0.25, -0.2) is 0 Å². The van der Waals surface area contributed by atoms with Crippen molar-refractivity contribution in [3.8, 4) is 11.5 Å². The summed E-state index contributed by atoms with van der Waals surface area (Å²) < 4.78 is 16.5. The number of aliphatic hydroxyl groups is 1. The molecule has 2 atom stereocenters. The van der Waals surface area contributed by atoms with E-state index in [2.05, 4.69) is 4.98 Å². The van der Waals surface area contributed by atoms with Crippen LogP contribution in [0.3, 0.4) is 0 Å². The second-order valence-electron chi connectivity index (χ2n) is 8.66. The van der Waals surface area contributed by atoms with Crippen LogP contribution in [-0.4, -0.2) is 60.2 Å². The highest BCUT2D eigenvalue weighted by molar-refractivity contribution is 6.47. The van der Waals surface area contributed by atoms with Gasteiger partial charge >= 0.3 is 0 Å². The standard InChI is InChI=1S/C26H24Cl2N2O6/c1-34-24-15(10-17(27)25(35-2)20(24)28)22(31)19-21(16-11-29-18-8-4-3-7-14(16)18)30(26(33)23(19)32)12-13-6-5-9-36-13/h3-4,7-8,10-11,13,21,29,31H,5-6,9,12H2,1-2H3/b22-19+. The molecule has 0 bridgehead atoms. The maximum atomic E-state index is 13.4. The van der Waals surface area contributed by atoms with E-state index in [0.717, 1.165) is 23.7 Å². The quantitative estimate of drug-likeness (QED) is 0.261. The molecule has 36 heavy (non-hydrogen) atoms. The van der Waals surface area contributed by atoms with Gasteiger partial charge in [0.2, 0.25) is 0 Å². The number of ether oxygens (including phenoxy) is 3. The van der Waals surface area contributed by atoms with Gasteiger partial charge in [0.05, 0.1) is 42.5 Å². The van der Waals surface area contributed by atoms with Gasteiger partial charge in [0, 0.05) is 35.8 Å². The summed E-state index contributed by atoms with van der Waals surface area (Å²) in [6.07, 6.45) is 3.21. The van der Waals surface area contributed by atoms with Crippen molar-refractivity contribution in [3.05, 3.63) is 63.3 Å². The number of carbonyl (C=O) groups is 2. The minimum Gasteiger partial charge on any atom is -0.507 e. The zero-order chi connectivity index (χ0) is 25.6. The molecule has 3 aromatic rings. The van der Waals surface area contributed by atoms with Crippen LogP contribution in [0.1, 0.15) is 30.0 Å². The normalized spacial score (nSPS) is 21.5. The van der Waals surface area contributed by atoms with Gasteiger partial charge in [-0.2, -0.15) is 0 Å². The molecule has 3 heterocycles. The van der Waals surface area contributed by atoms with Crippen molar-refractivity contribution in [2.45, 2.75) is 25.0 Å². The van der Waals surface area contributed by atoms with Crippen LogP contribution in [0.15, 0.2) is 42.1 Å². The van der Waals surface area contributed by atoms with Crippen molar-refractivity contribution in [2.24, 2.45) is 0 Å². The molecule has 1 aromatic heterocycles. The highest BCUT2D eigenvalue weighted by Gasteiger charge is 2.48. The predicted octanol–water partition coefficient (Wildman–Crippen LogP) is 5.09. The molecule has 2 aliphatic rings. The monoisotopic (exact) mass is 530 g/mol. The number of Topliss-reactive ketones (excluding diaryl/α,β-unsaturated/α-hetero) is 1. The molecule has 0 aliphatic carbocycles. The average Bonchev–Trinajstić information content (AvgIpc) is 3.59. The first-order valence-corrected chi connectivity index (χ1v) is 12.2. The van der Waals surface area contributed by atoms with E-state index in [4.69, 9.17) is 37.4 Å². The Kier molecular flexibility index (Phi) is 6.59. The minimum absolute atomic E-state index is 0.0336. The van der Waals surface area contributed by atoms with E-state index in [1.807, 2.05) is 24.3 Å². The molecule has 0 saturated carbocycles. The Morgan fingerprint density at radius 3 is 2.64 bits per heavy atom. The first-order valence-electron chi connectivity index (χ1n) is 11.4. The molecule has 188 valence electrons. The third kappa shape index (κ3) is 3.89. The number of methoxy groups -OCH3 is 2. The third-order valence-corrected chi connectivity index (χ3v) is 7.30. The van der Waals surface area contributed by atoms with Crippen LogP contribution in [-0.2, 0) is 14.3 Å². The summed E-state index contributed by atoms with van der Waals surface area (Å²) in [7, 11) is 2.78. The largest absolute Gasteiger partial charge is 0.507 e. The summed E-state index contributed by atoms with van der Waals surface area (Å²) in [6.45, 7) is 0.819. The molecule has 2 N–H and O–H groups in total. The second kappa shape index (κ2) is 9.69. The number of carbonyl (C=O) groups excluding carboxylic acids is 2. The number of rotatable bonds is 6. The van der Waals surface area contributed by atoms with Crippen LogP contribution >= 0.6 is 23.2 Å². The van der Waals surface area contributed by atoms with E-state index in [-0.39, 0.29) is 45.3 Å². The number of hydrogen-bond acceptors (Lipinski definition) is 6. The summed E-state index contributed by atoms with van der Waals surface area (Å²) in [5.41, 5.74) is 1.50. The lowest BCUT2D eigenvalue weighted by atomic mass is 9.94. The molecule has 8 nitrogen and oxygen atoms in total. The summed E-state index contributed by atoms with van der Waals surface area (Å²) in [4.78, 5) is 31.4. The number of nitrogens with zero attached hydrogens (tertiary/aromatic N) is 1. The molecule has 5 rings (SSSR count).